The van der Waals surface area contributed by atoms with Crippen molar-refractivity contribution >= 4 is 28.1 Å². The molecule has 0 fully saturated rings. The first-order valence-electron chi connectivity index (χ1n) is 13.0. The first kappa shape index (κ1) is 25.6. The number of nitrogens with two attached hydrogens (primary N) is 1. The number of fused-ring (bicyclic) bond motifs is 2. The quantitative estimate of drug-likeness (QED) is 0.233. The van der Waals surface area contributed by atoms with Crippen LogP contribution in [0.2, 0.25) is 0 Å². The van der Waals surface area contributed by atoms with Crippen LogP contribution in [0.15, 0.2) is 84.3 Å². The molecule has 0 aliphatic heterocycles. The Morgan fingerprint density at radius 2 is 1.90 bits per heavy atom. The van der Waals surface area contributed by atoms with Crippen molar-refractivity contribution in [3.05, 3.63) is 118 Å². The Balaban J connectivity index is 1.49. The number of carbonyl (C=O) groups is 1. The maximum Gasteiger partial charge on any atom is 0.264 e. The van der Waals surface area contributed by atoms with Gasteiger partial charge in [-0.25, -0.2) is 4.40 Å². The van der Waals surface area contributed by atoms with E-state index in [1.54, 1.807) is 32.2 Å². The molecule has 202 valence electrons. The fraction of sp³-hybridized carbons (Fsp3) is 0.129. The van der Waals surface area contributed by atoms with Crippen LogP contribution in [0.25, 0.3) is 22.1 Å². The number of para-hydroxylation sites is 1. The van der Waals surface area contributed by atoms with Gasteiger partial charge in [-0.3, -0.25) is 23.8 Å². The number of aromatic nitrogens is 6. The molecule has 6 aromatic rings. The first-order chi connectivity index (χ1) is 19.8. The monoisotopic (exact) mass is 543 g/mol. The van der Waals surface area contributed by atoms with Crippen molar-refractivity contribution in [3.63, 3.8) is 0 Å². The lowest BCUT2D eigenvalue weighted by atomic mass is 10.0. The number of hydrogen-bond acceptors (Lipinski definition) is 5. The molecular formula is C31H27N8O2+. The Kier molecular flexibility index (Phi) is 6.32. The van der Waals surface area contributed by atoms with E-state index in [4.69, 9.17) is 5.73 Å². The van der Waals surface area contributed by atoms with Gasteiger partial charge in [0.15, 0.2) is 5.56 Å². The molecule has 10 nitrogen and oxygen atoms in total. The van der Waals surface area contributed by atoms with E-state index in [1.807, 2.05) is 75.5 Å². The van der Waals surface area contributed by atoms with Crippen LogP contribution in [0.5, 0.6) is 0 Å². The summed E-state index contributed by atoms with van der Waals surface area (Å²) in [5.74, 6) is 6.04. The van der Waals surface area contributed by atoms with E-state index in [-0.39, 0.29) is 16.9 Å². The van der Waals surface area contributed by atoms with Crippen LogP contribution >= 0.6 is 0 Å². The number of nitrogen functional groups attached to an aromatic ring is 1. The summed E-state index contributed by atoms with van der Waals surface area (Å²) in [5.41, 5.74) is 10.2. The average molecular weight is 544 g/mol. The van der Waals surface area contributed by atoms with Gasteiger partial charge in [0.05, 0.1) is 35.1 Å². The highest BCUT2D eigenvalue weighted by Crippen LogP contribution is 2.24. The molecule has 41 heavy (non-hydrogen) atoms. The lowest BCUT2D eigenvalue weighted by Crippen LogP contribution is -2.34. The largest absolute Gasteiger partial charge is 0.369 e. The Bertz CT molecular complexity index is 2080. The van der Waals surface area contributed by atoms with Gasteiger partial charge in [0.25, 0.3) is 11.5 Å². The van der Waals surface area contributed by atoms with E-state index in [9.17, 15) is 9.59 Å². The zero-order chi connectivity index (χ0) is 28.7. The number of aromatic amines is 1. The van der Waals surface area contributed by atoms with Gasteiger partial charge in [0, 0.05) is 24.0 Å². The Labute approximate surface area is 235 Å². The van der Waals surface area contributed by atoms with E-state index in [0.717, 1.165) is 16.6 Å². The van der Waals surface area contributed by atoms with E-state index >= 15 is 0 Å². The second-order valence-corrected chi connectivity index (χ2v) is 9.75. The smallest absolute Gasteiger partial charge is 0.264 e. The normalized spacial score (nSPS) is 11.8. The number of amides is 1. The number of anilines is 1. The summed E-state index contributed by atoms with van der Waals surface area (Å²) in [6.45, 7) is 3.78. The van der Waals surface area contributed by atoms with Crippen molar-refractivity contribution in [1.82, 2.24) is 29.6 Å². The molecule has 0 aliphatic carbocycles. The Hall–Kier alpha value is -5.69. The predicted molar refractivity (Wildman–Crippen MR) is 156 cm³/mol. The highest BCUT2D eigenvalue weighted by molar-refractivity contribution is 6.03. The highest BCUT2D eigenvalue weighted by Gasteiger charge is 2.25. The van der Waals surface area contributed by atoms with Gasteiger partial charge in [0.1, 0.15) is 6.20 Å². The summed E-state index contributed by atoms with van der Waals surface area (Å²) in [6.07, 6.45) is 6.69. The molecule has 0 spiro atoms. The van der Waals surface area contributed by atoms with Crippen molar-refractivity contribution in [2.75, 3.05) is 5.73 Å². The van der Waals surface area contributed by atoms with E-state index in [0.29, 0.717) is 28.0 Å². The average Bonchev–Trinajstić information content (AvgIpc) is 3.57. The summed E-state index contributed by atoms with van der Waals surface area (Å²) >= 11 is 0. The van der Waals surface area contributed by atoms with Crippen LogP contribution in [0.1, 0.15) is 45.8 Å². The molecule has 4 N–H and O–H groups in total. The third-order valence-corrected chi connectivity index (χ3v) is 7.20. The Morgan fingerprint density at radius 3 is 2.66 bits per heavy atom. The second-order valence-electron chi connectivity index (χ2n) is 9.75. The number of rotatable bonds is 4. The molecular weight excluding hydrogens is 516 g/mol. The van der Waals surface area contributed by atoms with Crippen LogP contribution in [-0.4, -0.2) is 30.2 Å². The molecule has 0 radical (unpaired) electrons. The topological polar surface area (TPSA) is 128 Å². The number of imidazole rings is 1. The van der Waals surface area contributed by atoms with Crippen molar-refractivity contribution in [3.8, 4) is 17.5 Å². The molecule has 1 unspecified atom stereocenters. The number of benzene rings is 2. The number of hydrogen-bond donors (Lipinski definition) is 3. The molecule has 6 rings (SSSR count). The number of carbonyl (C=O) groups excluding carboxylic acids is 1. The van der Waals surface area contributed by atoms with Gasteiger partial charge in [-0.05, 0) is 43.5 Å². The van der Waals surface area contributed by atoms with Crippen molar-refractivity contribution in [2.45, 2.75) is 19.9 Å². The van der Waals surface area contributed by atoms with Crippen molar-refractivity contribution in [1.29, 1.82) is 0 Å². The zero-order valence-corrected chi connectivity index (χ0v) is 22.7. The van der Waals surface area contributed by atoms with Crippen LogP contribution in [0.4, 0.5) is 5.82 Å². The summed E-state index contributed by atoms with van der Waals surface area (Å²) in [4.78, 5) is 34.9. The fourth-order valence-electron chi connectivity index (χ4n) is 4.92. The second kappa shape index (κ2) is 10.1. The molecule has 4 aromatic heterocycles. The van der Waals surface area contributed by atoms with Gasteiger partial charge in [-0.1, -0.05) is 47.2 Å². The third kappa shape index (κ3) is 4.49. The van der Waals surface area contributed by atoms with Crippen LogP contribution in [-0.2, 0) is 7.05 Å². The molecule has 1 atom stereocenters. The lowest BCUT2D eigenvalue weighted by Gasteiger charge is -2.21. The van der Waals surface area contributed by atoms with Gasteiger partial charge in [0.2, 0.25) is 17.8 Å². The number of nitrogens with one attached hydrogen (secondary N) is 2. The fourth-order valence-corrected chi connectivity index (χ4v) is 4.92. The molecule has 0 saturated heterocycles. The number of H-pyrrole nitrogens is 1. The Morgan fingerprint density at radius 1 is 1.12 bits per heavy atom. The highest BCUT2D eigenvalue weighted by atomic mass is 16.2. The number of aryl methyl sites for hydroxylation is 1. The maximum absolute atomic E-state index is 14.2. The minimum absolute atomic E-state index is 0.100. The third-order valence-electron chi connectivity index (χ3n) is 7.20. The maximum atomic E-state index is 14.2. The van der Waals surface area contributed by atoms with Crippen LogP contribution < -0.4 is 21.0 Å². The van der Waals surface area contributed by atoms with Gasteiger partial charge in [-0.15, -0.1) is 0 Å². The molecule has 10 heteroatoms. The number of nitrogens with zero attached hydrogens (tertiary/aromatic N) is 5. The number of pyridine rings is 1. The molecule has 1 amide bonds. The SMILES string of the molecule is Cc1c(C#Cc2cccc3cc(C(C)NC(=O)c4c(N)nc[n+]5cc[nH]c45)n(-c4ccccc4)c(=O)c23)cnn1C. The van der Waals surface area contributed by atoms with Crippen LogP contribution in [0.3, 0.4) is 0 Å². The minimum Gasteiger partial charge on any atom is -0.369 e. The lowest BCUT2D eigenvalue weighted by molar-refractivity contribution is -0.513. The molecule has 4 heterocycles. The minimum atomic E-state index is -0.567. The van der Waals surface area contributed by atoms with E-state index in [1.165, 1.54) is 6.33 Å². The summed E-state index contributed by atoms with van der Waals surface area (Å²) in [7, 11) is 1.86. The first-order valence-corrected chi connectivity index (χ1v) is 13.0. The molecule has 0 aliphatic rings. The molecule has 0 saturated carbocycles. The van der Waals surface area contributed by atoms with Gasteiger partial charge in [-0.2, -0.15) is 5.10 Å². The zero-order valence-electron chi connectivity index (χ0n) is 22.7. The van der Waals surface area contributed by atoms with Gasteiger partial charge >= 0.3 is 0 Å². The molecule has 2 aromatic carbocycles. The van der Waals surface area contributed by atoms with E-state index < -0.39 is 11.9 Å². The standard InChI is InChI=1S/C31H26N8O2/c1-19(36-30(40)27-28(32)34-18-38-15-14-33-29(27)38)25-16-22-9-7-8-21(12-13-23-17-35-37(3)20(23)2)26(22)31(41)39(25)24-10-5-4-6-11-24/h4-11,14-19H,1-3H3,(H3,32,33,36,40)/p+1. The summed E-state index contributed by atoms with van der Waals surface area (Å²) < 4.78 is 5.07. The molecule has 0 bridgehead atoms. The van der Waals surface area contributed by atoms with E-state index in [2.05, 4.69) is 32.2 Å². The van der Waals surface area contributed by atoms with Crippen molar-refractivity contribution < 1.29 is 9.20 Å². The summed E-state index contributed by atoms with van der Waals surface area (Å²) in [6, 6.07) is 16.3. The van der Waals surface area contributed by atoms with Gasteiger partial charge < -0.3 is 11.1 Å². The summed E-state index contributed by atoms with van der Waals surface area (Å²) in [5, 5.41) is 8.49. The van der Waals surface area contributed by atoms with Crippen molar-refractivity contribution in [2.24, 2.45) is 7.05 Å². The predicted octanol–water partition coefficient (Wildman–Crippen LogP) is 2.97. The van der Waals surface area contributed by atoms with Crippen LogP contribution in [0, 0.1) is 18.8 Å².